The molecule has 90 valence electrons. The van der Waals surface area contributed by atoms with E-state index in [2.05, 4.69) is 15.9 Å². The Hall–Kier alpha value is -0.870. The number of hydrogen-bond acceptors (Lipinski definition) is 2. The van der Waals surface area contributed by atoms with Gasteiger partial charge in [-0.1, -0.05) is 15.9 Å². The van der Waals surface area contributed by atoms with Gasteiger partial charge in [-0.2, -0.15) is 0 Å². The summed E-state index contributed by atoms with van der Waals surface area (Å²) in [7, 11) is 0. The summed E-state index contributed by atoms with van der Waals surface area (Å²) in [6.07, 6.45) is 0.206. The van der Waals surface area contributed by atoms with Crippen LogP contribution in [0.25, 0.3) is 0 Å². The quantitative estimate of drug-likeness (QED) is 0.787. The first-order valence-corrected chi connectivity index (χ1v) is 6.42. The lowest BCUT2D eigenvalue weighted by molar-refractivity contribution is -0.120. The van der Waals surface area contributed by atoms with Gasteiger partial charge in [-0.15, -0.1) is 0 Å². The van der Waals surface area contributed by atoms with Gasteiger partial charge < -0.3 is 4.90 Å². The predicted molar refractivity (Wildman–Crippen MR) is 70.2 cm³/mol. The van der Waals surface area contributed by atoms with E-state index in [4.69, 9.17) is 11.6 Å². The van der Waals surface area contributed by atoms with Gasteiger partial charge in [-0.25, -0.2) is 0 Å². The van der Waals surface area contributed by atoms with Gasteiger partial charge >= 0.3 is 0 Å². The molecule has 0 radical (unpaired) electrons. The third kappa shape index (κ3) is 2.53. The van der Waals surface area contributed by atoms with E-state index in [1.165, 1.54) is 0 Å². The lowest BCUT2D eigenvalue weighted by Gasteiger charge is -2.17. The molecular weight excluding hydrogens is 305 g/mol. The molecule has 17 heavy (non-hydrogen) atoms. The maximum absolute atomic E-state index is 11.8. The van der Waals surface area contributed by atoms with Gasteiger partial charge in [0.1, 0.15) is 0 Å². The summed E-state index contributed by atoms with van der Waals surface area (Å²) < 4.78 is 0.998. The number of halogens is 2. The van der Waals surface area contributed by atoms with E-state index >= 15 is 0 Å². The Kier molecular flexibility index (Phi) is 3.54. The maximum atomic E-state index is 11.8. The van der Waals surface area contributed by atoms with Crippen molar-refractivity contribution >= 4 is 44.4 Å². The van der Waals surface area contributed by atoms with Crippen LogP contribution >= 0.6 is 27.5 Å². The van der Waals surface area contributed by atoms with Crippen molar-refractivity contribution < 1.29 is 9.59 Å². The Morgan fingerprint density at radius 3 is 2.76 bits per heavy atom. The molecule has 1 aliphatic rings. The molecular formula is C12H11BrClNO2. The molecule has 0 spiro atoms. The van der Waals surface area contributed by atoms with Crippen molar-refractivity contribution in [1.29, 1.82) is 0 Å². The van der Waals surface area contributed by atoms with E-state index in [1.807, 2.05) is 25.1 Å². The topological polar surface area (TPSA) is 37.4 Å². The van der Waals surface area contributed by atoms with Crippen molar-refractivity contribution in [3.63, 3.8) is 0 Å². The maximum Gasteiger partial charge on any atom is 0.227 e. The SMILES string of the molecule is Cc1cc(N2C[C@H](C(=O)Cl)CC2=O)ccc1Br. The largest absolute Gasteiger partial charge is 0.312 e. The fourth-order valence-electron chi connectivity index (χ4n) is 1.91. The molecule has 1 aromatic rings. The summed E-state index contributed by atoms with van der Waals surface area (Å²) in [5.41, 5.74) is 1.87. The minimum Gasteiger partial charge on any atom is -0.312 e. The third-order valence-electron chi connectivity index (χ3n) is 2.90. The number of nitrogens with zero attached hydrogens (tertiary/aromatic N) is 1. The molecule has 1 amide bonds. The Morgan fingerprint density at radius 1 is 1.53 bits per heavy atom. The fraction of sp³-hybridized carbons (Fsp3) is 0.333. The van der Waals surface area contributed by atoms with Crippen LogP contribution in [0.2, 0.25) is 0 Å². The molecule has 1 aromatic carbocycles. The number of hydrogen-bond donors (Lipinski definition) is 0. The summed E-state index contributed by atoms with van der Waals surface area (Å²) in [6.45, 7) is 2.33. The fourth-order valence-corrected chi connectivity index (χ4v) is 2.30. The molecule has 5 heteroatoms. The van der Waals surface area contributed by atoms with Crippen LogP contribution in [0.5, 0.6) is 0 Å². The number of carbonyl (C=O) groups excluding carboxylic acids is 2. The molecule has 0 saturated carbocycles. The molecule has 0 bridgehead atoms. The van der Waals surface area contributed by atoms with E-state index in [-0.39, 0.29) is 18.2 Å². The van der Waals surface area contributed by atoms with Crippen molar-refractivity contribution in [1.82, 2.24) is 0 Å². The number of rotatable bonds is 2. The highest BCUT2D eigenvalue weighted by Crippen LogP contribution is 2.29. The second-order valence-corrected chi connectivity index (χ2v) is 5.37. The molecule has 1 saturated heterocycles. The minimum atomic E-state index is -0.435. The highest BCUT2D eigenvalue weighted by Gasteiger charge is 2.34. The zero-order chi connectivity index (χ0) is 12.6. The van der Waals surface area contributed by atoms with E-state index < -0.39 is 5.24 Å². The Morgan fingerprint density at radius 2 is 2.24 bits per heavy atom. The molecule has 0 aliphatic carbocycles. The molecule has 3 nitrogen and oxygen atoms in total. The summed E-state index contributed by atoms with van der Waals surface area (Å²) in [5.74, 6) is -0.432. The molecule has 0 aromatic heterocycles. The Labute approximate surface area is 113 Å². The first-order valence-electron chi connectivity index (χ1n) is 5.25. The summed E-state index contributed by atoms with van der Waals surface area (Å²) in [6, 6.07) is 5.67. The average molecular weight is 317 g/mol. The van der Waals surface area contributed by atoms with Crippen LogP contribution in [0.1, 0.15) is 12.0 Å². The van der Waals surface area contributed by atoms with E-state index in [1.54, 1.807) is 4.90 Å². The molecule has 0 N–H and O–H groups in total. The van der Waals surface area contributed by atoms with Crippen LogP contribution in [0.3, 0.4) is 0 Å². The van der Waals surface area contributed by atoms with Crippen LogP contribution in [-0.2, 0) is 9.59 Å². The second-order valence-electron chi connectivity index (χ2n) is 4.14. The molecule has 1 aliphatic heterocycles. The minimum absolute atomic E-state index is 0.0503. The molecule has 1 atom stereocenters. The standard InChI is InChI=1S/C12H11BrClNO2/c1-7-4-9(2-3-10(7)13)15-6-8(12(14)17)5-11(15)16/h2-4,8H,5-6H2,1H3/t8-/m1/s1. The predicted octanol–water partition coefficient (Wildman–Crippen LogP) is 2.88. The number of aryl methyl sites for hydroxylation is 1. The van der Waals surface area contributed by atoms with E-state index in [9.17, 15) is 9.59 Å². The van der Waals surface area contributed by atoms with Crippen molar-refractivity contribution in [2.75, 3.05) is 11.4 Å². The van der Waals surface area contributed by atoms with Crippen LogP contribution in [-0.4, -0.2) is 17.7 Å². The highest BCUT2D eigenvalue weighted by molar-refractivity contribution is 9.10. The van der Waals surface area contributed by atoms with Gasteiger partial charge in [0.2, 0.25) is 11.1 Å². The zero-order valence-corrected chi connectivity index (χ0v) is 11.6. The number of amides is 1. The second kappa shape index (κ2) is 4.78. The van der Waals surface area contributed by atoms with Gasteiger partial charge in [0, 0.05) is 23.1 Å². The third-order valence-corrected chi connectivity index (χ3v) is 4.10. The monoisotopic (exact) mass is 315 g/mol. The molecule has 0 unspecified atom stereocenters. The zero-order valence-electron chi connectivity index (χ0n) is 9.24. The molecule has 1 fully saturated rings. The number of anilines is 1. The smallest absolute Gasteiger partial charge is 0.227 e. The first kappa shape index (κ1) is 12.6. The van der Waals surface area contributed by atoms with Crippen LogP contribution < -0.4 is 4.90 Å². The van der Waals surface area contributed by atoms with Crippen molar-refractivity contribution in [2.45, 2.75) is 13.3 Å². The molecule has 1 heterocycles. The van der Waals surface area contributed by atoms with Crippen LogP contribution in [0, 0.1) is 12.8 Å². The summed E-state index contributed by atoms with van der Waals surface area (Å²) in [4.78, 5) is 24.5. The summed E-state index contributed by atoms with van der Waals surface area (Å²) >= 11 is 8.84. The van der Waals surface area contributed by atoms with Gasteiger partial charge in [-0.3, -0.25) is 9.59 Å². The highest BCUT2D eigenvalue weighted by atomic mass is 79.9. The van der Waals surface area contributed by atoms with Crippen LogP contribution in [0.4, 0.5) is 5.69 Å². The van der Waals surface area contributed by atoms with Gasteiger partial charge in [0.15, 0.2) is 0 Å². The molecule has 2 rings (SSSR count). The van der Waals surface area contributed by atoms with E-state index in [0.717, 1.165) is 15.7 Å². The summed E-state index contributed by atoms with van der Waals surface area (Å²) in [5, 5.41) is -0.435. The lowest BCUT2D eigenvalue weighted by Crippen LogP contribution is -2.25. The number of benzene rings is 1. The average Bonchev–Trinajstić information content (AvgIpc) is 2.65. The van der Waals surface area contributed by atoms with Crippen LogP contribution in [0.15, 0.2) is 22.7 Å². The van der Waals surface area contributed by atoms with E-state index in [0.29, 0.717) is 6.54 Å². The van der Waals surface area contributed by atoms with Crippen molar-refractivity contribution in [2.24, 2.45) is 5.92 Å². The van der Waals surface area contributed by atoms with Crippen molar-refractivity contribution in [3.8, 4) is 0 Å². The normalized spacial score (nSPS) is 19.8. The Bertz CT molecular complexity index is 489. The Balaban J connectivity index is 2.26. The number of carbonyl (C=O) groups is 2. The van der Waals surface area contributed by atoms with Crippen molar-refractivity contribution in [3.05, 3.63) is 28.2 Å². The van der Waals surface area contributed by atoms with Gasteiger partial charge in [-0.05, 0) is 42.3 Å². The lowest BCUT2D eigenvalue weighted by atomic mass is 10.1. The first-order chi connectivity index (χ1) is 7.99. The van der Waals surface area contributed by atoms with Gasteiger partial charge in [0.05, 0.1) is 5.92 Å². The van der Waals surface area contributed by atoms with Gasteiger partial charge in [0.25, 0.3) is 0 Å².